The van der Waals surface area contributed by atoms with Crippen molar-refractivity contribution in [3.63, 3.8) is 0 Å². The van der Waals surface area contributed by atoms with Gasteiger partial charge in [0.15, 0.2) is 10.6 Å². The number of aryl methyl sites for hydroxylation is 1. The van der Waals surface area contributed by atoms with Crippen molar-refractivity contribution in [3.8, 4) is 0 Å². The van der Waals surface area contributed by atoms with Crippen molar-refractivity contribution >= 4 is 23.8 Å². The zero-order valence-corrected chi connectivity index (χ0v) is 17.4. The molecule has 11 heteroatoms. The first kappa shape index (κ1) is 20.0. The van der Waals surface area contributed by atoms with Gasteiger partial charge in [-0.2, -0.15) is 10.2 Å². The number of amides is 1. The number of benzene rings is 1. The fourth-order valence-electron chi connectivity index (χ4n) is 3.47. The Balaban J connectivity index is 1.41. The highest BCUT2D eigenvalue weighted by molar-refractivity contribution is 7.71. The molecular weight excluding hydrogens is 406 g/mol. The monoisotopic (exact) mass is 427 g/mol. The molecule has 1 fully saturated rings. The van der Waals surface area contributed by atoms with Crippen LogP contribution in [0.25, 0.3) is 0 Å². The Bertz CT molecular complexity index is 1170. The van der Waals surface area contributed by atoms with Crippen LogP contribution >= 0.6 is 12.2 Å². The number of nitrogens with zero attached hydrogens (tertiary/aromatic N) is 5. The molecule has 2 N–H and O–H groups in total. The number of aromatic amines is 1. The normalized spacial score (nSPS) is 13.4. The third kappa shape index (κ3) is 3.88. The molecule has 10 nitrogen and oxygen atoms in total. The van der Waals surface area contributed by atoms with Crippen LogP contribution in [0.15, 0.2) is 24.3 Å². The van der Waals surface area contributed by atoms with Crippen molar-refractivity contribution in [1.82, 2.24) is 29.9 Å². The fourth-order valence-corrected chi connectivity index (χ4v) is 3.77. The van der Waals surface area contributed by atoms with Crippen LogP contribution in [0.5, 0.6) is 0 Å². The van der Waals surface area contributed by atoms with E-state index >= 15 is 0 Å². The fraction of sp³-hybridized carbons (Fsp3) is 0.368. The predicted molar refractivity (Wildman–Crippen MR) is 111 cm³/mol. The Hall–Kier alpha value is -3.34. The lowest BCUT2D eigenvalue weighted by atomic mass is 10.1. The Morgan fingerprint density at radius 2 is 2.03 bits per heavy atom. The van der Waals surface area contributed by atoms with Gasteiger partial charge >= 0.3 is 5.69 Å². The number of nitro groups is 1. The first-order chi connectivity index (χ1) is 14.3. The number of carbonyl (C=O) groups is 1. The molecule has 1 aromatic carbocycles. The molecule has 4 rings (SSSR count). The van der Waals surface area contributed by atoms with E-state index in [1.165, 1.54) is 0 Å². The number of hydrogen-bond donors (Lipinski definition) is 2. The lowest BCUT2D eigenvalue weighted by Gasteiger charge is -2.08. The molecule has 0 spiro atoms. The van der Waals surface area contributed by atoms with Crippen molar-refractivity contribution in [2.45, 2.75) is 45.8 Å². The number of rotatable bonds is 7. The minimum atomic E-state index is -0.414. The summed E-state index contributed by atoms with van der Waals surface area (Å²) in [6, 6.07) is 7.47. The van der Waals surface area contributed by atoms with Crippen LogP contribution in [0.3, 0.4) is 0 Å². The third-order valence-electron chi connectivity index (χ3n) is 5.17. The van der Waals surface area contributed by atoms with E-state index in [4.69, 9.17) is 12.2 Å². The van der Waals surface area contributed by atoms with Gasteiger partial charge in [-0.05, 0) is 56.6 Å². The van der Waals surface area contributed by atoms with E-state index in [2.05, 4.69) is 20.6 Å². The van der Waals surface area contributed by atoms with Crippen molar-refractivity contribution < 1.29 is 9.72 Å². The largest absolute Gasteiger partial charge is 0.345 e. The molecule has 1 aliphatic carbocycles. The first-order valence-corrected chi connectivity index (χ1v) is 9.97. The van der Waals surface area contributed by atoms with Gasteiger partial charge in [0.2, 0.25) is 0 Å². The van der Waals surface area contributed by atoms with Gasteiger partial charge in [0, 0.05) is 11.6 Å². The number of nitrogens with one attached hydrogen (secondary N) is 2. The van der Waals surface area contributed by atoms with Crippen LogP contribution in [0.4, 0.5) is 5.69 Å². The summed E-state index contributed by atoms with van der Waals surface area (Å²) in [5.74, 6) is 0.512. The van der Waals surface area contributed by atoms with E-state index in [0.29, 0.717) is 40.9 Å². The molecule has 1 saturated carbocycles. The molecule has 1 aliphatic rings. The maximum absolute atomic E-state index is 12.5. The van der Waals surface area contributed by atoms with Crippen molar-refractivity contribution in [2.75, 3.05) is 0 Å². The summed E-state index contributed by atoms with van der Waals surface area (Å²) in [6.07, 6.45) is 2.16. The summed E-state index contributed by atoms with van der Waals surface area (Å²) in [7, 11) is 0. The van der Waals surface area contributed by atoms with E-state index in [-0.39, 0.29) is 11.6 Å². The van der Waals surface area contributed by atoms with Crippen LogP contribution in [0, 0.1) is 28.7 Å². The van der Waals surface area contributed by atoms with Crippen LogP contribution in [0.2, 0.25) is 0 Å². The first-order valence-electron chi connectivity index (χ1n) is 9.56. The van der Waals surface area contributed by atoms with E-state index in [1.807, 2.05) is 16.7 Å². The second kappa shape index (κ2) is 7.82. The smallest absolute Gasteiger partial charge is 0.312 e. The van der Waals surface area contributed by atoms with Gasteiger partial charge in [-0.25, -0.2) is 0 Å². The zero-order chi connectivity index (χ0) is 21.4. The summed E-state index contributed by atoms with van der Waals surface area (Å²) in [6.45, 7) is 3.98. The molecule has 0 atom stereocenters. The second-order valence-electron chi connectivity index (χ2n) is 7.36. The van der Waals surface area contributed by atoms with Crippen molar-refractivity contribution in [1.29, 1.82) is 0 Å². The lowest BCUT2D eigenvalue weighted by molar-refractivity contribution is -0.386. The Kier molecular flexibility index (Phi) is 5.20. The van der Waals surface area contributed by atoms with Gasteiger partial charge in [0.05, 0.1) is 18.0 Å². The highest BCUT2D eigenvalue weighted by Gasteiger charge is 2.27. The lowest BCUT2D eigenvalue weighted by Crippen LogP contribution is -2.24. The van der Waals surface area contributed by atoms with Crippen molar-refractivity contribution in [2.24, 2.45) is 0 Å². The highest BCUT2D eigenvalue weighted by atomic mass is 32.1. The molecule has 3 aromatic rings. The average Bonchev–Trinajstić information content (AvgIpc) is 3.41. The highest BCUT2D eigenvalue weighted by Crippen LogP contribution is 2.35. The molecule has 2 heterocycles. The van der Waals surface area contributed by atoms with Gasteiger partial charge in [-0.15, -0.1) is 0 Å². The minimum Gasteiger partial charge on any atom is -0.345 e. The molecule has 1 amide bonds. The Morgan fingerprint density at radius 3 is 2.63 bits per heavy atom. The number of aromatic nitrogens is 5. The number of hydrogen-bond acceptors (Lipinski definition) is 6. The zero-order valence-electron chi connectivity index (χ0n) is 16.6. The molecule has 30 heavy (non-hydrogen) atoms. The second-order valence-corrected chi connectivity index (χ2v) is 7.75. The van der Waals surface area contributed by atoms with Gasteiger partial charge in [-0.1, -0.05) is 12.1 Å². The molecule has 0 saturated heterocycles. The van der Waals surface area contributed by atoms with E-state index < -0.39 is 4.92 Å². The molecule has 2 aromatic heterocycles. The molecular formula is C19H21N7O3S. The molecule has 156 valence electrons. The molecule has 0 aliphatic heterocycles. The van der Waals surface area contributed by atoms with Gasteiger partial charge in [0.1, 0.15) is 11.4 Å². The molecule has 0 radical (unpaired) electrons. The number of carbonyl (C=O) groups excluding carboxylic acids is 1. The Morgan fingerprint density at radius 1 is 1.33 bits per heavy atom. The summed E-state index contributed by atoms with van der Waals surface area (Å²) in [5, 5.41) is 25.3. The quantitative estimate of drug-likeness (QED) is 0.339. The SMILES string of the molecule is Cc1nn(Cc2ccc(C(=O)NCc3n[nH]c(=S)n3C3CC3)cc2)c(C)c1[N+](=O)[O-]. The standard InChI is InChI=1S/C19H21N7O3S/c1-11-17(26(28)29)12(2)24(23-11)10-13-3-5-14(6-4-13)18(27)20-9-16-21-22-19(30)25(16)15-7-8-15/h3-6,15H,7-10H2,1-2H3,(H,20,27)(H,22,30). The topological polar surface area (TPSA) is 124 Å². The van der Waals surface area contributed by atoms with E-state index in [0.717, 1.165) is 24.2 Å². The van der Waals surface area contributed by atoms with Gasteiger partial charge in [0.25, 0.3) is 5.91 Å². The maximum Gasteiger partial charge on any atom is 0.312 e. The van der Waals surface area contributed by atoms with Crippen LogP contribution in [-0.4, -0.2) is 35.4 Å². The third-order valence-corrected chi connectivity index (χ3v) is 5.46. The van der Waals surface area contributed by atoms with E-state index in [9.17, 15) is 14.9 Å². The van der Waals surface area contributed by atoms with E-state index in [1.54, 1.807) is 30.7 Å². The molecule has 0 unspecified atom stereocenters. The van der Waals surface area contributed by atoms with Crippen LogP contribution in [0.1, 0.15) is 52.0 Å². The van der Waals surface area contributed by atoms with Crippen LogP contribution in [-0.2, 0) is 13.1 Å². The summed E-state index contributed by atoms with van der Waals surface area (Å²) in [5.41, 5.74) is 2.34. The minimum absolute atomic E-state index is 0.0371. The Labute approximate surface area is 177 Å². The maximum atomic E-state index is 12.5. The van der Waals surface area contributed by atoms with Gasteiger partial charge < -0.3 is 5.32 Å². The van der Waals surface area contributed by atoms with Crippen LogP contribution < -0.4 is 5.32 Å². The summed E-state index contributed by atoms with van der Waals surface area (Å²) < 4.78 is 4.14. The summed E-state index contributed by atoms with van der Waals surface area (Å²) in [4.78, 5) is 23.2. The molecule has 0 bridgehead atoms. The predicted octanol–water partition coefficient (Wildman–Crippen LogP) is 2.98. The number of H-pyrrole nitrogens is 1. The average molecular weight is 427 g/mol. The summed E-state index contributed by atoms with van der Waals surface area (Å²) >= 11 is 5.25. The van der Waals surface area contributed by atoms with Gasteiger partial charge in [-0.3, -0.25) is 29.3 Å². The van der Waals surface area contributed by atoms with Crippen molar-refractivity contribution in [3.05, 3.63) is 67.5 Å².